The average molecular weight is 211 g/mol. The monoisotopic (exact) mass is 211 g/mol. The number of hydrogen-bond donors (Lipinski definition) is 1. The molecule has 2 heteroatoms. The van der Waals surface area contributed by atoms with Crippen molar-refractivity contribution in [1.82, 2.24) is 5.32 Å². The van der Waals surface area contributed by atoms with Gasteiger partial charge in [-0.2, -0.15) is 0 Å². The summed E-state index contributed by atoms with van der Waals surface area (Å²) < 4.78 is 6.00. The lowest BCUT2D eigenvalue weighted by molar-refractivity contribution is -0.132. The summed E-state index contributed by atoms with van der Waals surface area (Å²) in [7, 11) is 0. The Hall–Kier alpha value is -0.0800. The predicted molar refractivity (Wildman–Crippen MR) is 63.0 cm³/mol. The average Bonchev–Trinajstić information content (AvgIpc) is 2.74. The highest BCUT2D eigenvalue weighted by Gasteiger charge is 2.56. The SMILES string of the molecule is CCCOC1CC(NCC)C12CCCC2. The largest absolute Gasteiger partial charge is 0.378 e. The predicted octanol–water partition coefficient (Wildman–Crippen LogP) is 2.72. The molecule has 0 bridgehead atoms. The first-order valence-corrected chi connectivity index (χ1v) is 6.68. The maximum atomic E-state index is 6.00. The Morgan fingerprint density at radius 3 is 2.60 bits per heavy atom. The van der Waals surface area contributed by atoms with Crippen LogP contribution in [0.1, 0.15) is 52.4 Å². The standard InChI is InChI=1S/C13H25NO/c1-3-9-15-12-10-11(14-4-2)13(12)7-5-6-8-13/h11-12,14H,3-10H2,1-2H3. The molecule has 2 aliphatic carbocycles. The van der Waals surface area contributed by atoms with E-state index in [2.05, 4.69) is 19.2 Å². The van der Waals surface area contributed by atoms with Gasteiger partial charge in [-0.3, -0.25) is 0 Å². The Kier molecular flexibility index (Phi) is 3.68. The van der Waals surface area contributed by atoms with Crippen LogP contribution in [0.25, 0.3) is 0 Å². The van der Waals surface area contributed by atoms with Gasteiger partial charge in [0.15, 0.2) is 0 Å². The topological polar surface area (TPSA) is 21.3 Å². The third-order valence-electron chi connectivity index (χ3n) is 4.29. The van der Waals surface area contributed by atoms with E-state index in [1.54, 1.807) is 0 Å². The molecular weight excluding hydrogens is 186 g/mol. The lowest BCUT2D eigenvalue weighted by Gasteiger charge is -2.54. The molecule has 0 heterocycles. The smallest absolute Gasteiger partial charge is 0.0661 e. The summed E-state index contributed by atoms with van der Waals surface area (Å²) in [6, 6.07) is 0.742. The highest BCUT2D eigenvalue weighted by Crippen LogP contribution is 2.54. The molecule has 1 N–H and O–H groups in total. The Morgan fingerprint density at radius 2 is 2.00 bits per heavy atom. The molecule has 2 atom stereocenters. The van der Waals surface area contributed by atoms with Crippen molar-refractivity contribution >= 4 is 0 Å². The van der Waals surface area contributed by atoms with Gasteiger partial charge in [-0.15, -0.1) is 0 Å². The molecule has 2 fully saturated rings. The van der Waals surface area contributed by atoms with Crippen LogP contribution in [0.2, 0.25) is 0 Å². The van der Waals surface area contributed by atoms with Gasteiger partial charge in [0.25, 0.3) is 0 Å². The minimum absolute atomic E-state index is 0.519. The Labute approximate surface area is 93.8 Å². The third kappa shape index (κ3) is 1.94. The van der Waals surface area contributed by atoms with Crippen molar-refractivity contribution < 1.29 is 4.74 Å². The maximum Gasteiger partial charge on any atom is 0.0661 e. The van der Waals surface area contributed by atoms with Crippen LogP contribution in [0.3, 0.4) is 0 Å². The van der Waals surface area contributed by atoms with E-state index >= 15 is 0 Å². The van der Waals surface area contributed by atoms with E-state index in [0.29, 0.717) is 11.5 Å². The van der Waals surface area contributed by atoms with Crippen molar-refractivity contribution in [2.24, 2.45) is 5.41 Å². The fourth-order valence-electron chi connectivity index (χ4n) is 3.48. The summed E-state index contributed by atoms with van der Waals surface area (Å²) in [5.41, 5.74) is 0.519. The molecule has 0 radical (unpaired) electrons. The zero-order valence-electron chi connectivity index (χ0n) is 10.2. The van der Waals surface area contributed by atoms with Gasteiger partial charge in [-0.05, 0) is 32.2 Å². The molecule has 0 aromatic carbocycles. The van der Waals surface area contributed by atoms with Crippen molar-refractivity contribution in [1.29, 1.82) is 0 Å². The van der Waals surface area contributed by atoms with Crippen molar-refractivity contribution in [3.63, 3.8) is 0 Å². The van der Waals surface area contributed by atoms with Gasteiger partial charge in [0.1, 0.15) is 0 Å². The first kappa shape index (κ1) is 11.4. The Balaban J connectivity index is 1.92. The van der Waals surface area contributed by atoms with Gasteiger partial charge >= 0.3 is 0 Å². The molecule has 15 heavy (non-hydrogen) atoms. The molecule has 2 unspecified atom stereocenters. The maximum absolute atomic E-state index is 6.00. The molecule has 0 aromatic rings. The van der Waals surface area contributed by atoms with Gasteiger partial charge < -0.3 is 10.1 Å². The van der Waals surface area contributed by atoms with E-state index < -0.39 is 0 Å². The molecule has 2 aliphatic rings. The second kappa shape index (κ2) is 4.84. The summed E-state index contributed by atoms with van der Waals surface area (Å²) in [5, 5.41) is 3.64. The molecule has 88 valence electrons. The summed E-state index contributed by atoms with van der Waals surface area (Å²) in [6.45, 7) is 6.46. The second-order valence-electron chi connectivity index (χ2n) is 5.15. The lowest BCUT2D eigenvalue weighted by Crippen LogP contribution is -2.62. The molecule has 0 saturated heterocycles. The molecule has 0 aliphatic heterocycles. The number of ether oxygens (including phenoxy) is 1. The van der Waals surface area contributed by atoms with Gasteiger partial charge in [0.05, 0.1) is 6.10 Å². The van der Waals surface area contributed by atoms with Crippen LogP contribution in [0.5, 0.6) is 0 Å². The van der Waals surface area contributed by atoms with Crippen LogP contribution in [0.15, 0.2) is 0 Å². The van der Waals surface area contributed by atoms with Gasteiger partial charge in [0, 0.05) is 18.1 Å². The molecule has 2 saturated carbocycles. The van der Waals surface area contributed by atoms with Crippen LogP contribution in [0, 0.1) is 5.41 Å². The van der Waals surface area contributed by atoms with Gasteiger partial charge in [-0.1, -0.05) is 26.7 Å². The quantitative estimate of drug-likeness (QED) is 0.755. The minimum Gasteiger partial charge on any atom is -0.378 e. The normalized spacial score (nSPS) is 33.2. The highest BCUT2D eigenvalue weighted by molar-refractivity contribution is 5.09. The van der Waals surface area contributed by atoms with E-state index in [9.17, 15) is 0 Å². The zero-order chi connectivity index (χ0) is 10.7. The second-order valence-corrected chi connectivity index (χ2v) is 5.15. The molecular formula is C13H25NO. The van der Waals surface area contributed by atoms with E-state index in [4.69, 9.17) is 4.74 Å². The zero-order valence-corrected chi connectivity index (χ0v) is 10.2. The van der Waals surface area contributed by atoms with Gasteiger partial charge in [0.2, 0.25) is 0 Å². The fourth-order valence-corrected chi connectivity index (χ4v) is 3.48. The van der Waals surface area contributed by atoms with Crippen molar-refractivity contribution in [2.75, 3.05) is 13.2 Å². The summed E-state index contributed by atoms with van der Waals surface area (Å²) in [6.07, 6.45) is 8.55. The lowest BCUT2D eigenvalue weighted by atomic mass is 9.60. The van der Waals surface area contributed by atoms with Crippen LogP contribution in [-0.2, 0) is 4.74 Å². The summed E-state index contributed by atoms with van der Waals surface area (Å²) >= 11 is 0. The molecule has 2 rings (SSSR count). The Morgan fingerprint density at radius 1 is 1.27 bits per heavy atom. The highest BCUT2D eigenvalue weighted by atomic mass is 16.5. The molecule has 1 spiro atoms. The van der Waals surface area contributed by atoms with Crippen molar-refractivity contribution in [3.05, 3.63) is 0 Å². The number of nitrogens with one attached hydrogen (secondary N) is 1. The molecule has 0 aromatic heterocycles. The minimum atomic E-state index is 0.519. The van der Waals surface area contributed by atoms with E-state index in [0.717, 1.165) is 25.6 Å². The summed E-state index contributed by atoms with van der Waals surface area (Å²) in [5.74, 6) is 0. The first-order chi connectivity index (χ1) is 7.33. The summed E-state index contributed by atoms with van der Waals surface area (Å²) in [4.78, 5) is 0. The molecule has 2 nitrogen and oxygen atoms in total. The van der Waals surface area contributed by atoms with Crippen molar-refractivity contribution in [2.45, 2.75) is 64.5 Å². The number of hydrogen-bond acceptors (Lipinski definition) is 2. The Bertz CT molecular complexity index is 199. The third-order valence-corrected chi connectivity index (χ3v) is 4.29. The first-order valence-electron chi connectivity index (χ1n) is 6.68. The fraction of sp³-hybridized carbons (Fsp3) is 1.00. The van der Waals surface area contributed by atoms with Crippen LogP contribution in [-0.4, -0.2) is 25.3 Å². The van der Waals surface area contributed by atoms with E-state index in [-0.39, 0.29) is 0 Å². The van der Waals surface area contributed by atoms with Crippen molar-refractivity contribution in [3.8, 4) is 0 Å². The van der Waals surface area contributed by atoms with E-state index in [1.165, 1.54) is 32.1 Å². The van der Waals surface area contributed by atoms with Gasteiger partial charge in [-0.25, -0.2) is 0 Å². The molecule has 0 amide bonds. The van der Waals surface area contributed by atoms with Crippen LogP contribution in [0.4, 0.5) is 0 Å². The van der Waals surface area contributed by atoms with Crippen LogP contribution >= 0.6 is 0 Å². The van der Waals surface area contributed by atoms with E-state index in [1.807, 2.05) is 0 Å². The number of rotatable bonds is 5. The van der Waals surface area contributed by atoms with Crippen LogP contribution < -0.4 is 5.32 Å².